The van der Waals surface area contributed by atoms with Crippen molar-refractivity contribution in [1.82, 2.24) is 5.32 Å². The van der Waals surface area contributed by atoms with Crippen molar-refractivity contribution >= 4 is 11.9 Å². The van der Waals surface area contributed by atoms with Gasteiger partial charge in [0, 0.05) is 19.6 Å². The van der Waals surface area contributed by atoms with E-state index in [2.05, 4.69) is 12.2 Å². The van der Waals surface area contributed by atoms with Gasteiger partial charge in [0.25, 0.3) is 0 Å². The van der Waals surface area contributed by atoms with Gasteiger partial charge < -0.3 is 15.2 Å². The van der Waals surface area contributed by atoms with Crippen molar-refractivity contribution in [3.05, 3.63) is 0 Å². The molecule has 20 heavy (non-hydrogen) atoms. The molecule has 0 atom stereocenters. The predicted octanol–water partition coefficient (Wildman–Crippen LogP) is 1.95. The molecule has 0 spiro atoms. The van der Waals surface area contributed by atoms with Crippen LogP contribution in [0.15, 0.2) is 0 Å². The Labute approximate surface area is 120 Å². The molecule has 0 unspecified atom stereocenters. The van der Waals surface area contributed by atoms with Gasteiger partial charge in [-0.15, -0.1) is 0 Å². The van der Waals surface area contributed by atoms with Crippen LogP contribution in [0.1, 0.15) is 51.9 Å². The van der Waals surface area contributed by atoms with E-state index in [1.54, 1.807) is 0 Å². The van der Waals surface area contributed by atoms with Crippen molar-refractivity contribution in [3.63, 3.8) is 0 Å². The summed E-state index contributed by atoms with van der Waals surface area (Å²) >= 11 is 0. The van der Waals surface area contributed by atoms with Gasteiger partial charge in [0.2, 0.25) is 5.91 Å². The minimum absolute atomic E-state index is 0.117. The van der Waals surface area contributed by atoms with Crippen LogP contribution >= 0.6 is 0 Å². The first kappa shape index (κ1) is 15.3. The number of ether oxygens (including phenoxy) is 1. The highest BCUT2D eigenvalue weighted by Gasteiger charge is 2.42. The van der Waals surface area contributed by atoms with E-state index in [9.17, 15) is 14.7 Å². The Kier molecular flexibility index (Phi) is 5.02. The molecule has 1 saturated carbocycles. The Bertz CT molecular complexity index is 355. The lowest BCUT2D eigenvalue weighted by Gasteiger charge is -2.37. The molecule has 2 rings (SSSR count). The summed E-state index contributed by atoms with van der Waals surface area (Å²) in [6, 6.07) is 0. The minimum Gasteiger partial charge on any atom is -0.480 e. The smallest absolute Gasteiger partial charge is 0.329 e. The first-order valence-electron chi connectivity index (χ1n) is 7.64. The number of carbonyl (C=O) groups excluding carboxylic acids is 1. The van der Waals surface area contributed by atoms with Gasteiger partial charge in [-0.3, -0.25) is 4.79 Å². The third-order valence-corrected chi connectivity index (χ3v) is 4.73. The van der Waals surface area contributed by atoms with E-state index in [4.69, 9.17) is 4.74 Å². The number of hydrogen-bond donors (Lipinski definition) is 2. The zero-order chi connectivity index (χ0) is 14.6. The highest BCUT2D eigenvalue weighted by molar-refractivity contribution is 5.87. The molecule has 0 bridgehead atoms. The summed E-state index contributed by atoms with van der Waals surface area (Å²) < 4.78 is 5.28. The second kappa shape index (κ2) is 6.57. The van der Waals surface area contributed by atoms with Gasteiger partial charge in [-0.1, -0.05) is 6.92 Å². The van der Waals surface area contributed by atoms with Gasteiger partial charge in [0.15, 0.2) is 0 Å². The summed E-state index contributed by atoms with van der Waals surface area (Å²) in [4.78, 5) is 23.7. The highest BCUT2D eigenvalue weighted by Crippen LogP contribution is 2.32. The van der Waals surface area contributed by atoms with Gasteiger partial charge >= 0.3 is 5.97 Å². The summed E-state index contributed by atoms with van der Waals surface area (Å²) in [6.45, 7) is 3.55. The molecule has 2 aliphatic rings. The summed E-state index contributed by atoms with van der Waals surface area (Å²) in [5.74, 6) is -0.120. The van der Waals surface area contributed by atoms with Crippen molar-refractivity contribution in [3.8, 4) is 0 Å². The fraction of sp³-hybridized carbons (Fsp3) is 0.867. The topological polar surface area (TPSA) is 75.6 Å². The number of carboxylic acid groups (broad SMARTS) is 1. The van der Waals surface area contributed by atoms with E-state index < -0.39 is 11.5 Å². The molecular formula is C15H25NO4. The first-order valence-corrected chi connectivity index (χ1v) is 7.64. The molecule has 2 N–H and O–H groups in total. The Hall–Kier alpha value is -1.10. The number of aliphatic carboxylic acids is 1. The summed E-state index contributed by atoms with van der Waals surface area (Å²) in [5.41, 5.74) is -1.03. The molecule has 1 heterocycles. The van der Waals surface area contributed by atoms with E-state index in [1.165, 1.54) is 0 Å². The number of rotatable bonds is 4. The van der Waals surface area contributed by atoms with Gasteiger partial charge in [0.05, 0.1) is 0 Å². The van der Waals surface area contributed by atoms with Crippen LogP contribution in [-0.2, 0) is 14.3 Å². The standard InChI is InChI=1S/C15H25NO4/c1-11-2-6-15(7-3-11,14(18)19)16-13(17)10-12-4-8-20-9-5-12/h11-12H,2-10H2,1H3,(H,16,17)(H,18,19). The van der Waals surface area contributed by atoms with Gasteiger partial charge in [0.1, 0.15) is 5.54 Å². The van der Waals surface area contributed by atoms with Crippen LogP contribution in [0.3, 0.4) is 0 Å². The van der Waals surface area contributed by atoms with Gasteiger partial charge in [-0.2, -0.15) is 0 Å². The number of hydrogen-bond acceptors (Lipinski definition) is 3. The monoisotopic (exact) mass is 283 g/mol. The molecule has 5 heteroatoms. The second-order valence-electron chi connectivity index (χ2n) is 6.38. The number of amides is 1. The zero-order valence-corrected chi connectivity index (χ0v) is 12.2. The predicted molar refractivity (Wildman–Crippen MR) is 74.3 cm³/mol. The van der Waals surface area contributed by atoms with Crippen LogP contribution in [0.5, 0.6) is 0 Å². The normalized spacial score (nSPS) is 31.8. The maximum absolute atomic E-state index is 12.2. The van der Waals surface area contributed by atoms with Crippen molar-refractivity contribution in [2.45, 2.75) is 57.4 Å². The Morgan fingerprint density at radius 1 is 1.20 bits per heavy atom. The molecule has 0 aromatic heterocycles. The van der Waals surface area contributed by atoms with Gasteiger partial charge in [-0.25, -0.2) is 4.79 Å². The van der Waals surface area contributed by atoms with Crippen LogP contribution in [0.25, 0.3) is 0 Å². The largest absolute Gasteiger partial charge is 0.480 e. The molecule has 1 aliphatic carbocycles. The molecular weight excluding hydrogens is 258 g/mol. The Morgan fingerprint density at radius 2 is 1.80 bits per heavy atom. The second-order valence-corrected chi connectivity index (χ2v) is 6.38. The van der Waals surface area contributed by atoms with E-state index in [1.807, 2.05) is 0 Å². The molecule has 114 valence electrons. The van der Waals surface area contributed by atoms with Crippen LogP contribution in [0, 0.1) is 11.8 Å². The van der Waals surface area contributed by atoms with Crippen molar-refractivity contribution < 1.29 is 19.4 Å². The fourth-order valence-corrected chi connectivity index (χ4v) is 3.18. The Balaban J connectivity index is 1.90. The molecule has 0 radical (unpaired) electrons. The molecule has 1 saturated heterocycles. The van der Waals surface area contributed by atoms with E-state index in [0.29, 0.717) is 44.3 Å². The van der Waals surface area contributed by atoms with Crippen LogP contribution in [0.4, 0.5) is 0 Å². The van der Waals surface area contributed by atoms with Crippen molar-refractivity contribution in [2.75, 3.05) is 13.2 Å². The summed E-state index contributed by atoms with van der Waals surface area (Å²) in [7, 11) is 0. The first-order chi connectivity index (χ1) is 9.52. The maximum Gasteiger partial charge on any atom is 0.329 e. The summed E-state index contributed by atoms with van der Waals surface area (Å²) in [5, 5.41) is 12.3. The highest BCUT2D eigenvalue weighted by atomic mass is 16.5. The van der Waals surface area contributed by atoms with Crippen molar-refractivity contribution in [1.29, 1.82) is 0 Å². The molecule has 5 nitrogen and oxygen atoms in total. The minimum atomic E-state index is -1.03. The fourth-order valence-electron chi connectivity index (χ4n) is 3.18. The molecule has 1 aliphatic heterocycles. The molecule has 0 aromatic rings. The third-order valence-electron chi connectivity index (χ3n) is 4.73. The Morgan fingerprint density at radius 3 is 2.35 bits per heavy atom. The lowest BCUT2D eigenvalue weighted by atomic mass is 9.77. The lowest BCUT2D eigenvalue weighted by Crippen LogP contribution is -2.56. The summed E-state index contributed by atoms with van der Waals surface area (Å²) in [6.07, 6.45) is 5.03. The molecule has 1 amide bonds. The molecule has 2 fully saturated rings. The van der Waals surface area contributed by atoms with E-state index >= 15 is 0 Å². The van der Waals surface area contributed by atoms with E-state index in [-0.39, 0.29) is 5.91 Å². The molecule has 0 aromatic carbocycles. The third kappa shape index (κ3) is 3.72. The average Bonchev–Trinajstić information content (AvgIpc) is 2.42. The lowest BCUT2D eigenvalue weighted by molar-refractivity contribution is -0.150. The number of carbonyl (C=O) groups is 2. The van der Waals surface area contributed by atoms with E-state index in [0.717, 1.165) is 25.7 Å². The zero-order valence-electron chi connectivity index (χ0n) is 12.2. The quantitative estimate of drug-likeness (QED) is 0.827. The number of carboxylic acids is 1. The van der Waals surface area contributed by atoms with Gasteiger partial charge in [-0.05, 0) is 50.4 Å². The van der Waals surface area contributed by atoms with Crippen LogP contribution < -0.4 is 5.32 Å². The van der Waals surface area contributed by atoms with Crippen LogP contribution in [0.2, 0.25) is 0 Å². The maximum atomic E-state index is 12.2. The SMILES string of the molecule is CC1CCC(NC(=O)CC2CCOCC2)(C(=O)O)CC1. The van der Waals surface area contributed by atoms with Crippen LogP contribution in [-0.4, -0.2) is 35.7 Å². The van der Waals surface area contributed by atoms with Crippen molar-refractivity contribution in [2.24, 2.45) is 11.8 Å². The number of nitrogens with one attached hydrogen (secondary N) is 1. The average molecular weight is 283 g/mol.